The highest BCUT2D eigenvalue weighted by Crippen LogP contribution is 2.39. The molecule has 5 aromatic rings. The van der Waals surface area contributed by atoms with Gasteiger partial charge in [-0.1, -0.05) is 72.3 Å². The predicted molar refractivity (Wildman–Crippen MR) is 141 cm³/mol. The van der Waals surface area contributed by atoms with Crippen molar-refractivity contribution in [3.8, 4) is 16.9 Å². The third-order valence-corrected chi connectivity index (χ3v) is 6.11. The third kappa shape index (κ3) is 4.83. The molecule has 1 amide bonds. The number of methoxy groups -OCH3 is 1. The minimum Gasteiger partial charge on any atom is -0.486 e. The minimum absolute atomic E-state index is 0.131. The molecule has 0 bridgehead atoms. The standard InChI is InChI=1S/C28H23ClN4O4/c1-17-31-27-24-21(19-10-6-11-20(29)14-19)12-7-13-22(24)26(37-16-18-8-4-3-5-9-18)25(33(27)32-17)28(35)30-15-23(34)36-2/h3-14H,15-16H2,1-2H3,(H,30,35). The van der Waals surface area contributed by atoms with Gasteiger partial charge in [0.1, 0.15) is 19.0 Å². The molecule has 0 aliphatic heterocycles. The first kappa shape index (κ1) is 24.3. The van der Waals surface area contributed by atoms with Crippen molar-refractivity contribution in [3.05, 3.63) is 94.9 Å². The molecule has 37 heavy (non-hydrogen) atoms. The molecule has 0 saturated carbocycles. The van der Waals surface area contributed by atoms with Crippen LogP contribution >= 0.6 is 11.6 Å². The molecule has 0 unspecified atom stereocenters. The molecular weight excluding hydrogens is 492 g/mol. The van der Waals surface area contributed by atoms with Crippen molar-refractivity contribution < 1.29 is 19.1 Å². The van der Waals surface area contributed by atoms with Gasteiger partial charge in [0, 0.05) is 15.8 Å². The third-order valence-electron chi connectivity index (χ3n) is 5.87. The highest BCUT2D eigenvalue weighted by molar-refractivity contribution is 6.31. The summed E-state index contributed by atoms with van der Waals surface area (Å²) in [6.07, 6.45) is 0. The number of amides is 1. The van der Waals surface area contributed by atoms with Crippen LogP contribution in [0.4, 0.5) is 0 Å². The van der Waals surface area contributed by atoms with E-state index in [9.17, 15) is 9.59 Å². The molecule has 1 N–H and O–H groups in total. The highest BCUT2D eigenvalue weighted by atomic mass is 35.5. The molecule has 0 spiro atoms. The highest BCUT2D eigenvalue weighted by Gasteiger charge is 2.26. The average molecular weight is 515 g/mol. The quantitative estimate of drug-likeness (QED) is 0.307. The Labute approximate surface area is 217 Å². The smallest absolute Gasteiger partial charge is 0.325 e. The van der Waals surface area contributed by atoms with Gasteiger partial charge in [-0.3, -0.25) is 9.59 Å². The van der Waals surface area contributed by atoms with E-state index in [1.807, 2.05) is 72.8 Å². The van der Waals surface area contributed by atoms with Gasteiger partial charge in [-0.25, -0.2) is 9.50 Å². The average Bonchev–Trinajstić information content (AvgIpc) is 3.31. The fraction of sp³-hybridized carbons (Fsp3) is 0.143. The van der Waals surface area contributed by atoms with Gasteiger partial charge in [0.15, 0.2) is 17.1 Å². The number of esters is 1. The van der Waals surface area contributed by atoms with Gasteiger partial charge in [0.25, 0.3) is 5.91 Å². The lowest BCUT2D eigenvalue weighted by Gasteiger charge is -2.18. The molecule has 0 atom stereocenters. The van der Waals surface area contributed by atoms with Crippen LogP contribution in [0.15, 0.2) is 72.8 Å². The Kier molecular flexibility index (Phi) is 6.74. The summed E-state index contributed by atoms with van der Waals surface area (Å²) in [4.78, 5) is 29.9. The molecule has 3 aromatic carbocycles. The number of hydrogen-bond donors (Lipinski definition) is 1. The first-order valence-electron chi connectivity index (χ1n) is 11.6. The Morgan fingerprint density at radius 1 is 1.03 bits per heavy atom. The number of pyridine rings is 1. The van der Waals surface area contributed by atoms with E-state index in [0.29, 0.717) is 27.6 Å². The van der Waals surface area contributed by atoms with E-state index >= 15 is 0 Å². The lowest BCUT2D eigenvalue weighted by atomic mass is 9.98. The predicted octanol–water partition coefficient (Wildman–Crippen LogP) is 4.99. The first-order valence-corrected chi connectivity index (χ1v) is 11.9. The maximum absolute atomic E-state index is 13.5. The van der Waals surface area contributed by atoms with Crippen molar-refractivity contribution in [2.75, 3.05) is 13.7 Å². The van der Waals surface area contributed by atoms with Gasteiger partial charge < -0.3 is 14.8 Å². The molecule has 2 aromatic heterocycles. The minimum atomic E-state index is -0.574. The van der Waals surface area contributed by atoms with E-state index in [2.05, 4.69) is 20.1 Å². The Bertz CT molecular complexity index is 1630. The van der Waals surface area contributed by atoms with Gasteiger partial charge in [0.2, 0.25) is 0 Å². The van der Waals surface area contributed by atoms with Gasteiger partial charge in [-0.2, -0.15) is 5.10 Å². The van der Waals surface area contributed by atoms with Crippen LogP contribution in [0.25, 0.3) is 27.5 Å². The Balaban J connectivity index is 1.77. The lowest BCUT2D eigenvalue weighted by Crippen LogP contribution is -2.32. The number of halogens is 1. The van der Waals surface area contributed by atoms with Gasteiger partial charge in [0.05, 0.1) is 7.11 Å². The summed E-state index contributed by atoms with van der Waals surface area (Å²) >= 11 is 6.31. The van der Waals surface area contributed by atoms with E-state index in [-0.39, 0.29) is 18.8 Å². The molecule has 186 valence electrons. The summed E-state index contributed by atoms with van der Waals surface area (Å²) < 4.78 is 12.5. The zero-order chi connectivity index (χ0) is 25.9. The zero-order valence-corrected chi connectivity index (χ0v) is 21.0. The summed E-state index contributed by atoms with van der Waals surface area (Å²) in [5, 5.41) is 9.17. The van der Waals surface area contributed by atoms with E-state index in [0.717, 1.165) is 22.1 Å². The number of hydrogen-bond acceptors (Lipinski definition) is 6. The summed E-state index contributed by atoms with van der Waals surface area (Å²) in [6, 6.07) is 22.9. The van der Waals surface area contributed by atoms with Crippen LogP contribution < -0.4 is 10.1 Å². The molecule has 5 rings (SSSR count). The Morgan fingerprint density at radius 3 is 2.57 bits per heavy atom. The molecule has 9 heteroatoms. The monoisotopic (exact) mass is 514 g/mol. The topological polar surface area (TPSA) is 94.8 Å². The van der Waals surface area contributed by atoms with E-state index in [1.165, 1.54) is 11.6 Å². The normalized spacial score (nSPS) is 11.0. The summed E-state index contributed by atoms with van der Waals surface area (Å²) in [5.41, 5.74) is 3.29. The van der Waals surface area contributed by atoms with Crippen molar-refractivity contribution in [1.82, 2.24) is 19.9 Å². The molecule has 2 heterocycles. The van der Waals surface area contributed by atoms with Crippen molar-refractivity contribution in [3.63, 3.8) is 0 Å². The molecule has 0 aliphatic carbocycles. The zero-order valence-electron chi connectivity index (χ0n) is 20.2. The number of ether oxygens (including phenoxy) is 2. The van der Waals surface area contributed by atoms with Gasteiger partial charge in [-0.15, -0.1) is 0 Å². The first-order chi connectivity index (χ1) is 18.0. The lowest BCUT2D eigenvalue weighted by molar-refractivity contribution is -0.139. The maximum Gasteiger partial charge on any atom is 0.325 e. The molecule has 0 aliphatic rings. The Morgan fingerprint density at radius 2 is 1.81 bits per heavy atom. The molecule has 8 nitrogen and oxygen atoms in total. The van der Waals surface area contributed by atoms with Crippen molar-refractivity contribution in [2.45, 2.75) is 13.5 Å². The van der Waals surface area contributed by atoms with Crippen LogP contribution in [0.2, 0.25) is 5.02 Å². The number of aryl methyl sites for hydroxylation is 1. The van der Waals surface area contributed by atoms with E-state index < -0.39 is 11.9 Å². The van der Waals surface area contributed by atoms with Crippen LogP contribution in [-0.2, 0) is 16.1 Å². The SMILES string of the molecule is COC(=O)CNC(=O)c1c(OCc2ccccc2)c2cccc(-c3cccc(Cl)c3)c2c2nc(C)nn12. The van der Waals surface area contributed by atoms with Crippen molar-refractivity contribution in [2.24, 2.45) is 0 Å². The van der Waals surface area contributed by atoms with Crippen LogP contribution in [0.3, 0.4) is 0 Å². The van der Waals surface area contributed by atoms with Crippen LogP contribution in [0.1, 0.15) is 21.9 Å². The number of nitrogens with zero attached hydrogens (tertiary/aromatic N) is 3. The van der Waals surface area contributed by atoms with Crippen LogP contribution in [0, 0.1) is 6.92 Å². The Hall–Kier alpha value is -4.43. The second kappa shape index (κ2) is 10.3. The number of aromatic nitrogens is 3. The van der Waals surface area contributed by atoms with Crippen LogP contribution in [-0.4, -0.2) is 40.1 Å². The summed E-state index contributed by atoms with van der Waals surface area (Å²) in [7, 11) is 1.26. The largest absolute Gasteiger partial charge is 0.486 e. The van der Waals surface area contributed by atoms with Gasteiger partial charge in [-0.05, 0) is 35.7 Å². The van der Waals surface area contributed by atoms with Gasteiger partial charge >= 0.3 is 5.97 Å². The number of carbonyl (C=O) groups is 2. The second-order valence-corrected chi connectivity index (χ2v) is 8.78. The van der Waals surface area contributed by atoms with Crippen LogP contribution in [0.5, 0.6) is 5.75 Å². The molecule has 0 radical (unpaired) electrons. The summed E-state index contributed by atoms with van der Waals surface area (Å²) in [6.45, 7) is 1.67. The van der Waals surface area contributed by atoms with E-state index in [4.69, 9.17) is 16.3 Å². The number of fused-ring (bicyclic) bond motifs is 3. The number of nitrogens with one attached hydrogen (secondary N) is 1. The maximum atomic E-state index is 13.5. The number of rotatable bonds is 7. The fourth-order valence-electron chi connectivity index (χ4n) is 4.22. The van der Waals surface area contributed by atoms with Crippen molar-refractivity contribution in [1.29, 1.82) is 0 Å². The fourth-order valence-corrected chi connectivity index (χ4v) is 4.41. The molecule has 0 fully saturated rings. The number of benzene rings is 3. The number of carbonyl (C=O) groups excluding carboxylic acids is 2. The summed E-state index contributed by atoms with van der Waals surface area (Å²) in [5.74, 6) is -0.319. The van der Waals surface area contributed by atoms with E-state index in [1.54, 1.807) is 6.92 Å². The molecule has 0 saturated heterocycles. The van der Waals surface area contributed by atoms with Crippen molar-refractivity contribution >= 4 is 39.9 Å². The molecular formula is C28H23ClN4O4. The second-order valence-electron chi connectivity index (χ2n) is 8.34.